The molecule has 0 radical (unpaired) electrons. The van der Waals surface area contributed by atoms with Crippen molar-refractivity contribution in [3.05, 3.63) is 0 Å². The first-order valence-electron chi connectivity index (χ1n) is 6.93. The van der Waals surface area contributed by atoms with E-state index >= 15 is 0 Å². The molecule has 1 heterocycles. The van der Waals surface area contributed by atoms with Crippen LogP contribution in [-0.2, 0) is 0 Å². The summed E-state index contributed by atoms with van der Waals surface area (Å²) >= 11 is 0. The van der Waals surface area contributed by atoms with Crippen molar-refractivity contribution in [1.29, 1.82) is 0 Å². The molecular weight excluding hydrogens is 172 g/mol. The summed E-state index contributed by atoms with van der Waals surface area (Å²) in [5, 5.41) is 0. The summed E-state index contributed by atoms with van der Waals surface area (Å²) < 4.78 is 24.6. The van der Waals surface area contributed by atoms with Gasteiger partial charge in [0.1, 0.15) is 0 Å². The van der Waals surface area contributed by atoms with Crippen LogP contribution in [0.15, 0.2) is 0 Å². The second-order valence-electron chi connectivity index (χ2n) is 5.94. The molecule has 1 unspecified atom stereocenters. The van der Waals surface area contributed by atoms with E-state index in [1.54, 1.807) is 4.90 Å². The van der Waals surface area contributed by atoms with Crippen LogP contribution in [0.1, 0.15) is 45.7 Å². The molecule has 0 aromatic carbocycles. The van der Waals surface area contributed by atoms with Crippen molar-refractivity contribution in [2.75, 3.05) is 26.1 Å². The molecule has 0 saturated carbocycles. The lowest BCUT2D eigenvalue weighted by Gasteiger charge is -2.46. The first-order chi connectivity index (χ1) is 7.38. The van der Waals surface area contributed by atoms with Gasteiger partial charge in [-0.15, -0.1) is 0 Å². The number of hydrogen-bond donors (Lipinski definition) is 0. The minimum Gasteiger partial charge on any atom is -0.296 e. The molecule has 1 rings (SSSR count). The summed E-state index contributed by atoms with van der Waals surface area (Å²) in [5.41, 5.74) is -0.406. The Morgan fingerprint density at radius 2 is 1.29 bits per heavy atom. The van der Waals surface area contributed by atoms with E-state index in [0.717, 1.165) is 6.54 Å². The van der Waals surface area contributed by atoms with Crippen molar-refractivity contribution >= 4 is 0 Å². The molecule has 0 aromatic heterocycles. The molecule has 1 aliphatic heterocycles. The third-order valence-corrected chi connectivity index (χ3v) is 2.61. The zero-order valence-electron chi connectivity index (χ0n) is 13.4. The normalized spacial score (nSPS) is 34.7. The standard InChI is InChI=1S/C12H26N2/c1-11(2,3)13-7-9-14(10-8-13)12(4,5)6/h7-10H2,1-6H3/i7D,9D2. The fourth-order valence-corrected chi connectivity index (χ4v) is 1.53. The average molecular weight is 201 g/mol. The molecule has 2 heteroatoms. The van der Waals surface area contributed by atoms with Crippen molar-refractivity contribution in [1.82, 2.24) is 9.80 Å². The number of hydrogen-bond acceptors (Lipinski definition) is 2. The Morgan fingerprint density at radius 1 is 0.857 bits per heavy atom. The predicted octanol–water partition coefficient (Wildman–Crippen LogP) is 2.20. The van der Waals surface area contributed by atoms with Gasteiger partial charge in [0.05, 0.1) is 0 Å². The summed E-state index contributed by atoms with van der Waals surface area (Å²) in [6.45, 7) is 11.1. The van der Waals surface area contributed by atoms with Gasteiger partial charge in [-0.2, -0.15) is 0 Å². The van der Waals surface area contributed by atoms with E-state index < -0.39 is 13.0 Å². The summed E-state index contributed by atoms with van der Waals surface area (Å²) in [4.78, 5) is 3.75. The molecular formula is C12H26N2. The van der Waals surface area contributed by atoms with Crippen LogP contribution >= 0.6 is 0 Å². The second kappa shape index (κ2) is 3.82. The third-order valence-electron chi connectivity index (χ3n) is 2.61. The maximum absolute atomic E-state index is 8.22. The van der Waals surface area contributed by atoms with Crippen molar-refractivity contribution in [2.45, 2.75) is 52.6 Å². The molecule has 1 saturated heterocycles. The molecule has 0 amide bonds. The Labute approximate surface area is 93.5 Å². The monoisotopic (exact) mass is 201 g/mol. The topological polar surface area (TPSA) is 6.48 Å². The zero-order valence-corrected chi connectivity index (χ0v) is 10.4. The lowest BCUT2D eigenvalue weighted by molar-refractivity contribution is 0.0211. The highest BCUT2D eigenvalue weighted by atomic mass is 15.3. The minimum absolute atomic E-state index is 0.163. The molecule has 0 aliphatic carbocycles. The highest BCUT2D eigenvalue weighted by Gasteiger charge is 2.30. The van der Waals surface area contributed by atoms with Crippen molar-refractivity contribution in [3.63, 3.8) is 0 Å². The van der Waals surface area contributed by atoms with E-state index in [9.17, 15) is 0 Å². The largest absolute Gasteiger partial charge is 0.296 e. The van der Waals surface area contributed by atoms with E-state index in [1.807, 2.05) is 46.4 Å². The third kappa shape index (κ3) is 2.96. The van der Waals surface area contributed by atoms with E-state index in [2.05, 4.69) is 0 Å². The first kappa shape index (κ1) is 8.12. The van der Waals surface area contributed by atoms with Crippen LogP contribution in [0.3, 0.4) is 0 Å². The molecule has 1 atom stereocenters. The van der Waals surface area contributed by atoms with Gasteiger partial charge in [0.2, 0.25) is 0 Å². The fourth-order valence-electron chi connectivity index (χ4n) is 1.53. The Kier molecular flexibility index (Phi) is 2.21. The van der Waals surface area contributed by atoms with E-state index in [1.165, 1.54) is 0 Å². The molecule has 14 heavy (non-hydrogen) atoms. The maximum atomic E-state index is 8.22. The smallest absolute Gasteiger partial charge is 0.0444 e. The Morgan fingerprint density at radius 3 is 1.71 bits per heavy atom. The van der Waals surface area contributed by atoms with Crippen LogP contribution in [0.25, 0.3) is 0 Å². The summed E-state index contributed by atoms with van der Waals surface area (Å²) in [6, 6.07) is 0. The lowest BCUT2D eigenvalue weighted by atomic mass is 10.0. The quantitative estimate of drug-likeness (QED) is 0.593. The van der Waals surface area contributed by atoms with Gasteiger partial charge in [0.15, 0.2) is 0 Å². The number of nitrogens with zero attached hydrogens (tertiary/aromatic N) is 2. The zero-order chi connectivity index (χ0) is 13.6. The fraction of sp³-hybridized carbons (Fsp3) is 1.00. The molecule has 84 valence electrons. The number of piperazine rings is 1. The minimum atomic E-state index is -1.61. The van der Waals surface area contributed by atoms with Crippen molar-refractivity contribution in [3.8, 4) is 0 Å². The number of rotatable bonds is 0. The van der Waals surface area contributed by atoms with Gasteiger partial charge in [-0.05, 0) is 41.5 Å². The van der Waals surface area contributed by atoms with Crippen molar-refractivity contribution < 1.29 is 4.11 Å². The molecule has 1 aliphatic rings. The van der Waals surface area contributed by atoms with Gasteiger partial charge in [0.25, 0.3) is 0 Å². The van der Waals surface area contributed by atoms with E-state index in [-0.39, 0.29) is 11.1 Å². The van der Waals surface area contributed by atoms with Crippen LogP contribution in [0.4, 0.5) is 0 Å². The van der Waals surface area contributed by atoms with Crippen LogP contribution in [0, 0.1) is 0 Å². The Balaban J connectivity index is 2.99. The summed E-state index contributed by atoms with van der Waals surface area (Å²) in [7, 11) is 0. The summed E-state index contributed by atoms with van der Waals surface area (Å²) in [6.07, 6.45) is 0. The predicted molar refractivity (Wildman–Crippen MR) is 62.7 cm³/mol. The molecule has 0 N–H and O–H groups in total. The molecule has 2 nitrogen and oxygen atoms in total. The maximum Gasteiger partial charge on any atom is 0.0444 e. The van der Waals surface area contributed by atoms with E-state index in [0.29, 0.717) is 6.54 Å². The Bertz CT molecular complexity index is 278. The summed E-state index contributed by atoms with van der Waals surface area (Å²) in [5.74, 6) is 0. The molecule has 0 bridgehead atoms. The molecule has 1 fully saturated rings. The van der Waals surface area contributed by atoms with Gasteiger partial charge in [0, 0.05) is 41.3 Å². The van der Waals surface area contributed by atoms with Crippen LogP contribution in [0.5, 0.6) is 0 Å². The first-order valence-corrected chi connectivity index (χ1v) is 5.35. The molecule has 0 spiro atoms. The van der Waals surface area contributed by atoms with Gasteiger partial charge < -0.3 is 0 Å². The average Bonchev–Trinajstić information content (AvgIpc) is 2.04. The Hall–Kier alpha value is -0.0800. The van der Waals surface area contributed by atoms with Crippen LogP contribution in [0.2, 0.25) is 0 Å². The molecule has 0 aromatic rings. The van der Waals surface area contributed by atoms with Gasteiger partial charge in [-0.1, -0.05) is 0 Å². The van der Waals surface area contributed by atoms with Crippen molar-refractivity contribution in [2.24, 2.45) is 0 Å². The van der Waals surface area contributed by atoms with Gasteiger partial charge in [-0.25, -0.2) is 0 Å². The van der Waals surface area contributed by atoms with Crippen LogP contribution in [-0.4, -0.2) is 47.0 Å². The van der Waals surface area contributed by atoms with Crippen LogP contribution < -0.4 is 0 Å². The highest BCUT2D eigenvalue weighted by molar-refractivity contribution is 4.86. The van der Waals surface area contributed by atoms with Gasteiger partial charge >= 0.3 is 0 Å². The van der Waals surface area contributed by atoms with E-state index in [4.69, 9.17) is 4.11 Å². The lowest BCUT2D eigenvalue weighted by Crippen LogP contribution is -2.57. The SMILES string of the molecule is [2H]C1N(C(C)(C)C)CCN(C(C)(C)C)C1([2H])[2H]. The second-order valence-corrected chi connectivity index (χ2v) is 5.94. The van der Waals surface area contributed by atoms with Gasteiger partial charge in [-0.3, -0.25) is 9.80 Å². The highest BCUT2D eigenvalue weighted by Crippen LogP contribution is 2.20.